The molecule has 4 N–H and O–H groups in total. The van der Waals surface area contributed by atoms with E-state index in [1.165, 1.54) is 4.70 Å². The maximum atomic E-state index is 5.89. The van der Waals surface area contributed by atoms with Crippen LogP contribution in [0.1, 0.15) is 4.88 Å². The summed E-state index contributed by atoms with van der Waals surface area (Å²) in [6, 6.07) is 7.87. The molecule has 0 aliphatic carbocycles. The monoisotopic (exact) mass is 367 g/mol. The Kier molecular flexibility index (Phi) is 4.82. The third-order valence-electron chi connectivity index (χ3n) is 1.95. The topological polar surface area (TPSA) is 64.4 Å². The molecule has 2 aromatic rings. The number of halogens is 2. The summed E-state index contributed by atoms with van der Waals surface area (Å²) in [4.78, 5) is 5.09. The summed E-state index contributed by atoms with van der Waals surface area (Å²) < 4.78 is 1.19. The quantitative estimate of drug-likeness (QED) is 0.487. The van der Waals surface area contributed by atoms with E-state index < -0.39 is 0 Å². The minimum Gasteiger partial charge on any atom is -0.370 e. The molecule has 0 spiro atoms. The molecule has 0 aliphatic rings. The van der Waals surface area contributed by atoms with Crippen molar-refractivity contribution in [1.29, 1.82) is 0 Å². The molecule has 0 radical (unpaired) electrons. The van der Waals surface area contributed by atoms with Gasteiger partial charge < -0.3 is 11.5 Å². The Balaban J connectivity index is 0.00000128. The van der Waals surface area contributed by atoms with Crippen molar-refractivity contribution < 1.29 is 0 Å². The van der Waals surface area contributed by atoms with Crippen molar-refractivity contribution in [1.82, 2.24) is 0 Å². The molecule has 6 heteroatoms. The minimum absolute atomic E-state index is 0. The van der Waals surface area contributed by atoms with Crippen LogP contribution in [0, 0.1) is 0 Å². The molecule has 2 rings (SSSR count). The van der Waals surface area contributed by atoms with Crippen LogP contribution in [0.3, 0.4) is 0 Å². The van der Waals surface area contributed by atoms with E-state index in [-0.39, 0.29) is 29.9 Å². The van der Waals surface area contributed by atoms with Crippen LogP contribution in [-0.4, -0.2) is 5.96 Å². The summed E-state index contributed by atoms with van der Waals surface area (Å²) in [5.41, 5.74) is 10.5. The molecule has 86 valence electrons. The van der Waals surface area contributed by atoms with Crippen LogP contribution in [0.15, 0.2) is 29.3 Å². The third kappa shape index (κ3) is 3.23. The largest absolute Gasteiger partial charge is 0.370 e. The van der Waals surface area contributed by atoms with Gasteiger partial charge in [0.25, 0.3) is 0 Å². The zero-order valence-corrected chi connectivity index (χ0v) is 12.2. The summed E-state index contributed by atoms with van der Waals surface area (Å²) >= 11 is 7.56. The maximum absolute atomic E-state index is 5.89. The second kappa shape index (κ2) is 5.70. The number of nitrogens with zero attached hydrogens (tertiary/aromatic N) is 1. The lowest BCUT2D eigenvalue weighted by atomic mass is 10.2. The Hall–Kier alpha value is -0.530. The molecule has 3 nitrogen and oxygen atoms in total. The average Bonchev–Trinajstić information content (AvgIpc) is 2.56. The fourth-order valence-corrected chi connectivity index (χ4v) is 2.47. The van der Waals surface area contributed by atoms with Crippen molar-refractivity contribution in [3.05, 3.63) is 34.2 Å². The lowest BCUT2D eigenvalue weighted by Gasteiger charge is -1.89. The van der Waals surface area contributed by atoms with Crippen LogP contribution in [0.2, 0.25) is 5.02 Å². The summed E-state index contributed by atoms with van der Waals surface area (Å²) in [6.07, 6.45) is 0. The highest BCUT2D eigenvalue weighted by atomic mass is 127. The fourth-order valence-electron chi connectivity index (χ4n) is 1.32. The van der Waals surface area contributed by atoms with E-state index in [1.807, 2.05) is 18.2 Å². The second-order valence-electron chi connectivity index (χ2n) is 3.14. The zero-order valence-electron chi connectivity index (χ0n) is 8.31. The number of hydrogen-bond donors (Lipinski definition) is 2. The first-order valence-corrected chi connectivity index (χ1v) is 5.58. The number of thiophene rings is 1. The molecule has 16 heavy (non-hydrogen) atoms. The Morgan fingerprint density at radius 1 is 1.31 bits per heavy atom. The van der Waals surface area contributed by atoms with Crippen LogP contribution < -0.4 is 11.5 Å². The van der Waals surface area contributed by atoms with E-state index in [1.54, 1.807) is 11.3 Å². The number of aliphatic imine (C=N–C) groups is 1. The van der Waals surface area contributed by atoms with Crippen molar-refractivity contribution >= 4 is 63.0 Å². The van der Waals surface area contributed by atoms with Crippen molar-refractivity contribution in [2.45, 2.75) is 6.54 Å². The molecular weight excluding hydrogens is 357 g/mol. The van der Waals surface area contributed by atoms with Crippen LogP contribution in [0.5, 0.6) is 0 Å². The van der Waals surface area contributed by atoms with Crippen molar-refractivity contribution in [2.24, 2.45) is 16.5 Å². The highest BCUT2D eigenvalue weighted by Gasteiger charge is 2.01. The first-order valence-electron chi connectivity index (χ1n) is 4.38. The highest BCUT2D eigenvalue weighted by Crippen LogP contribution is 2.28. The number of benzene rings is 1. The summed E-state index contributed by atoms with van der Waals surface area (Å²) in [6.45, 7) is 0.527. The van der Waals surface area contributed by atoms with E-state index in [0.717, 1.165) is 15.3 Å². The number of hydrogen-bond acceptors (Lipinski definition) is 2. The van der Waals surface area contributed by atoms with E-state index in [2.05, 4.69) is 11.1 Å². The van der Waals surface area contributed by atoms with Gasteiger partial charge in [-0.2, -0.15) is 0 Å². The lowest BCUT2D eigenvalue weighted by Crippen LogP contribution is -2.22. The van der Waals surface area contributed by atoms with E-state index in [9.17, 15) is 0 Å². The van der Waals surface area contributed by atoms with E-state index in [0.29, 0.717) is 6.54 Å². The number of nitrogens with two attached hydrogens (primary N) is 2. The highest BCUT2D eigenvalue weighted by molar-refractivity contribution is 14.0. The number of rotatable bonds is 2. The first kappa shape index (κ1) is 13.5. The average molecular weight is 368 g/mol. The molecule has 1 aromatic heterocycles. The molecule has 0 fully saturated rings. The fraction of sp³-hybridized carbons (Fsp3) is 0.100. The van der Waals surface area contributed by atoms with Gasteiger partial charge in [-0.25, -0.2) is 4.99 Å². The van der Waals surface area contributed by atoms with Crippen molar-refractivity contribution in [3.8, 4) is 0 Å². The Labute approximate surface area is 120 Å². The molecule has 0 atom stereocenters. The van der Waals surface area contributed by atoms with Crippen LogP contribution >= 0.6 is 46.9 Å². The molecule has 1 aromatic carbocycles. The standard InChI is InChI=1S/C10H10ClN3S.HI/c11-7-1-2-9-6(3-7)4-8(15-9)5-14-10(12)13;/h1-4H,5H2,(H4,12,13,14);1H. The van der Waals surface area contributed by atoms with Crippen molar-refractivity contribution in [2.75, 3.05) is 0 Å². The normalized spacial score (nSPS) is 9.81. The van der Waals surface area contributed by atoms with Gasteiger partial charge in [0.05, 0.1) is 6.54 Å². The van der Waals surface area contributed by atoms with Gasteiger partial charge in [0.15, 0.2) is 5.96 Å². The van der Waals surface area contributed by atoms with Gasteiger partial charge in [-0.05, 0) is 29.7 Å². The van der Waals surface area contributed by atoms with Crippen molar-refractivity contribution in [3.63, 3.8) is 0 Å². The minimum atomic E-state index is 0. The molecule has 0 unspecified atom stereocenters. The first-order chi connectivity index (χ1) is 7.15. The smallest absolute Gasteiger partial charge is 0.186 e. The summed E-state index contributed by atoms with van der Waals surface area (Å²) in [5.74, 6) is 0.116. The zero-order chi connectivity index (χ0) is 10.8. The Morgan fingerprint density at radius 2 is 2.06 bits per heavy atom. The Bertz CT molecular complexity index is 520. The van der Waals surface area contributed by atoms with Gasteiger partial charge in [-0.15, -0.1) is 35.3 Å². The molecular formula is C10H11ClIN3S. The number of fused-ring (bicyclic) bond motifs is 1. The summed E-state index contributed by atoms with van der Waals surface area (Å²) in [5, 5.41) is 1.88. The maximum Gasteiger partial charge on any atom is 0.186 e. The molecule has 0 saturated carbocycles. The van der Waals surface area contributed by atoms with Gasteiger partial charge in [0.1, 0.15) is 0 Å². The number of guanidine groups is 1. The van der Waals surface area contributed by atoms with Crippen LogP contribution in [-0.2, 0) is 6.54 Å². The van der Waals surface area contributed by atoms with Crippen LogP contribution in [0.4, 0.5) is 0 Å². The predicted molar refractivity (Wildman–Crippen MR) is 81.8 cm³/mol. The molecule has 0 amide bonds. The lowest BCUT2D eigenvalue weighted by molar-refractivity contribution is 1.09. The van der Waals surface area contributed by atoms with Gasteiger partial charge >= 0.3 is 0 Å². The van der Waals surface area contributed by atoms with E-state index >= 15 is 0 Å². The second-order valence-corrected chi connectivity index (χ2v) is 4.74. The molecule has 1 heterocycles. The molecule has 0 bridgehead atoms. The van der Waals surface area contributed by atoms with Crippen LogP contribution in [0.25, 0.3) is 10.1 Å². The molecule has 0 saturated heterocycles. The summed E-state index contributed by atoms with van der Waals surface area (Å²) in [7, 11) is 0. The van der Waals surface area contributed by atoms with Gasteiger partial charge in [-0.3, -0.25) is 0 Å². The van der Waals surface area contributed by atoms with Gasteiger partial charge in [0, 0.05) is 14.6 Å². The van der Waals surface area contributed by atoms with Gasteiger partial charge in [0.2, 0.25) is 0 Å². The Morgan fingerprint density at radius 3 is 2.75 bits per heavy atom. The SMILES string of the molecule is I.NC(N)=NCc1cc2cc(Cl)ccc2s1. The predicted octanol–water partition coefficient (Wildman–Crippen LogP) is 2.95. The van der Waals surface area contributed by atoms with Gasteiger partial charge in [-0.1, -0.05) is 11.6 Å². The third-order valence-corrected chi connectivity index (χ3v) is 3.28. The van der Waals surface area contributed by atoms with E-state index in [4.69, 9.17) is 23.1 Å². The molecule has 0 aliphatic heterocycles.